The quantitative estimate of drug-likeness (QED) is 0.842. The Morgan fingerprint density at radius 3 is 2.18 bits per heavy atom. The van der Waals surface area contributed by atoms with Gasteiger partial charge < -0.3 is 9.80 Å². The molecule has 1 saturated heterocycles. The van der Waals surface area contributed by atoms with Crippen LogP contribution in [0.5, 0.6) is 0 Å². The van der Waals surface area contributed by atoms with Gasteiger partial charge in [0.15, 0.2) is 0 Å². The molecule has 0 radical (unpaired) electrons. The molecule has 6 heteroatoms. The lowest BCUT2D eigenvalue weighted by atomic mass is 10.2. The molecule has 0 atom stereocenters. The number of carbonyl (C=O) groups excluding carboxylic acids is 2. The van der Waals surface area contributed by atoms with Gasteiger partial charge in [-0.2, -0.15) is 0 Å². The van der Waals surface area contributed by atoms with Crippen LogP contribution < -0.4 is 0 Å². The van der Waals surface area contributed by atoms with Gasteiger partial charge in [-0.15, -0.1) is 0 Å². The second kappa shape index (κ2) is 7.61. The lowest BCUT2D eigenvalue weighted by Gasteiger charge is -2.35. The van der Waals surface area contributed by atoms with Crippen LogP contribution >= 0.6 is 11.6 Å². The van der Waals surface area contributed by atoms with E-state index in [-0.39, 0.29) is 11.8 Å². The van der Waals surface area contributed by atoms with Gasteiger partial charge in [0, 0.05) is 44.7 Å². The number of amides is 2. The fraction of sp³-hybridized carbons (Fsp3) is 0.500. The highest BCUT2D eigenvalue weighted by atomic mass is 35.5. The number of likely N-dealkylation sites (N-methyl/N-ethyl adjacent to an activating group) is 1. The number of piperazine rings is 1. The molecule has 0 aromatic heterocycles. The molecule has 2 rings (SSSR count). The van der Waals surface area contributed by atoms with Crippen molar-refractivity contribution in [2.45, 2.75) is 13.5 Å². The molecule has 1 aromatic carbocycles. The normalized spacial score (nSPS) is 15.3. The maximum Gasteiger partial charge on any atom is 0.236 e. The molecule has 1 aromatic rings. The summed E-state index contributed by atoms with van der Waals surface area (Å²) in [4.78, 5) is 29.2. The Balaban J connectivity index is 1.79. The maximum atomic E-state index is 12.3. The summed E-state index contributed by atoms with van der Waals surface area (Å²) in [7, 11) is 1.93. The number of hydrogen-bond acceptors (Lipinski definition) is 3. The highest BCUT2D eigenvalue weighted by molar-refractivity contribution is 6.30. The Hall–Kier alpha value is -1.59. The highest BCUT2D eigenvalue weighted by Crippen LogP contribution is 2.11. The van der Waals surface area contributed by atoms with E-state index in [1.165, 1.54) is 0 Å². The molecular weight excluding hydrogens is 302 g/mol. The first-order valence-electron chi connectivity index (χ1n) is 7.42. The largest absolute Gasteiger partial charge is 0.339 e. The summed E-state index contributed by atoms with van der Waals surface area (Å²) in [5, 5.41) is 0.714. The van der Waals surface area contributed by atoms with Crippen molar-refractivity contribution in [2.24, 2.45) is 0 Å². The third-order valence-electron chi connectivity index (χ3n) is 3.85. The van der Waals surface area contributed by atoms with E-state index in [4.69, 9.17) is 11.6 Å². The van der Waals surface area contributed by atoms with Gasteiger partial charge in [0.2, 0.25) is 11.8 Å². The number of benzene rings is 1. The zero-order valence-corrected chi connectivity index (χ0v) is 13.8. The van der Waals surface area contributed by atoms with E-state index in [2.05, 4.69) is 0 Å². The van der Waals surface area contributed by atoms with Crippen LogP contribution in [0, 0.1) is 0 Å². The Kier molecular flexibility index (Phi) is 5.80. The molecule has 0 aliphatic carbocycles. The fourth-order valence-electron chi connectivity index (χ4n) is 2.56. The zero-order chi connectivity index (χ0) is 16.1. The summed E-state index contributed by atoms with van der Waals surface area (Å²) < 4.78 is 0. The zero-order valence-electron chi connectivity index (χ0n) is 13.1. The summed E-state index contributed by atoms with van der Waals surface area (Å²) in [5.74, 6) is 0.187. The van der Waals surface area contributed by atoms with Gasteiger partial charge in [0.1, 0.15) is 0 Å². The second-order valence-electron chi connectivity index (χ2n) is 5.69. The average molecular weight is 324 g/mol. The van der Waals surface area contributed by atoms with Gasteiger partial charge in [-0.1, -0.05) is 23.7 Å². The number of halogens is 1. The van der Waals surface area contributed by atoms with Crippen molar-refractivity contribution in [1.82, 2.24) is 14.7 Å². The monoisotopic (exact) mass is 323 g/mol. The lowest BCUT2D eigenvalue weighted by molar-refractivity contribution is -0.139. The minimum absolute atomic E-state index is 0.0759. The first kappa shape index (κ1) is 16.8. The molecule has 120 valence electrons. The SMILES string of the molecule is CC(=O)N1CCN(C(=O)CN(C)Cc2ccc(Cl)cc2)CC1. The van der Waals surface area contributed by atoms with Crippen LogP contribution in [0.1, 0.15) is 12.5 Å². The molecule has 1 fully saturated rings. The van der Waals surface area contributed by atoms with Gasteiger partial charge in [-0.05, 0) is 24.7 Å². The molecule has 1 heterocycles. The van der Waals surface area contributed by atoms with Gasteiger partial charge in [-0.3, -0.25) is 14.5 Å². The smallest absolute Gasteiger partial charge is 0.236 e. The third kappa shape index (κ3) is 4.71. The van der Waals surface area contributed by atoms with Crippen LogP contribution in [-0.2, 0) is 16.1 Å². The topological polar surface area (TPSA) is 43.9 Å². The number of hydrogen-bond donors (Lipinski definition) is 0. The van der Waals surface area contributed by atoms with Crippen molar-refractivity contribution in [3.63, 3.8) is 0 Å². The maximum absolute atomic E-state index is 12.3. The minimum atomic E-state index is 0.0759. The van der Waals surface area contributed by atoms with Crippen LogP contribution in [0.25, 0.3) is 0 Å². The molecule has 5 nitrogen and oxygen atoms in total. The van der Waals surface area contributed by atoms with E-state index in [0.717, 1.165) is 5.56 Å². The Bertz CT molecular complexity index is 525. The third-order valence-corrected chi connectivity index (χ3v) is 4.10. The van der Waals surface area contributed by atoms with Gasteiger partial charge >= 0.3 is 0 Å². The molecule has 1 aliphatic heterocycles. The van der Waals surface area contributed by atoms with Crippen molar-refractivity contribution >= 4 is 23.4 Å². The molecule has 0 bridgehead atoms. The van der Waals surface area contributed by atoms with E-state index in [0.29, 0.717) is 44.3 Å². The molecule has 0 spiro atoms. The average Bonchev–Trinajstić information content (AvgIpc) is 2.49. The van der Waals surface area contributed by atoms with Crippen molar-refractivity contribution in [1.29, 1.82) is 0 Å². The predicted octanol–water partition coefficient (Wildman–Crippen LogP) is 1.46. The fourth-order valence-corrected chi connectivity index (χ4v) is 2.69. The van der Waals surface area contributed by atoms with Crippen molar-refractivity contribution in [3.05, 3.63) is 34.9 Å². The van der Waals surface area contributed by atoms with Crippen LogP contribution in [-0.4, -0.2) is 66.3 Å². The molecule has 0 N–H and O–H groups in total. The van der Waals surface area contributed by atoms with Crippen molar-refractivity contribution in [3.8, 4) is 0 Å². The highest BCUT2D eigenvalue weighted by Gasteiger charge is 2.22. The Morgan fingerprint density at radius 1 is 1.09 bits per heavy atom. The molecular formula is C16H22ClN3O2. The first-order chi connectivity index (χ1) is 10.5. The van der Waals surface area contributed by atoms with Gasteiger partial charge in [0.05, 0.1) is 6.54 Å². The van der Waals surface area contributed by atoms with Gasteiger partial charge in [0.25, 0.3) is 0 Å². The molecule has 0 unspecified atom stereocenters. The van der Waals surface area contributed by atoms with Crippen LogP contribution in [0.15, 0.2) is 24.3 Å². The molecule has 2 amide bonds. The molecule has 22 heavy (non-hydrogen) atoms. The Labute approximate surface area is 136 Å². The van der Waals surface area contributed by atoms with Crippen molar-refractivity contribution < 1.29 is 9.59 Å². The van der Waals surface area contributed by atoms with Crippen LogP contribution in [0.2, 0.25) is 5.02 Å². The standard InChI is InChI=1S/C16H22ClN3O2/c1-13(21)19-7-9-20(10-8-19)16(22)12-18(2)11-14-3-5-15(17)6-4-14/h3-6H,7-12H2,1-2H3. The predicted molar refractivity (Wildman–Crippen MR) is 86.6 cm³/mol. The van der Waals surface area contributed by atoms with Crippen LogP contribution in [0.4, 0.5) is 0 Å². The summed E-state index contributed by atoms with van der Waals surface area (Å²) >= 11 is 5.87. The minimum Gasteiger partial charge on any atom is -0.339 e. The summed E-state index contributed by atoms with van der Waals surface area (Å²) in [6.07, 6.45) is 0. The van der Waals surface area contributed by atoms with E-state index in [1.807, 2.05) is 41.1 Å². The number of rotatable bonds is 4. The van der Waals surface area contributed by atoms with E-state index in [9.17, 15) is 9.59 Å². The Morgan fingerprint density at radius 2 is 1.64 bits per heavy atom. The van der Waals surface area contributed by atoms with Gasteiger partial charge in [-0.25, -0.2) is 0 Å². The summed E-state index contributed by atoms with van der Waals surface area (Å²) in [6, 6.07) is 7.64. The molecule has 1 aliphatic rings. The summed E-state index contributed by atoms with van der Waals surface area (Å²) in [5.41, 5.74) is 1.13. The number of nitrogens with zero attached hydrogens (tertiary/aromatic N) is 3. The van der Waals surface area contributed by atoms with E-state index < -0.39 is 0 Å². The van der Waals surface area contributed by atoms with E-state index >= 15 is 0 Å². The van der Waals surface area contributed by atoms with Crippen LogP contribution in [0.3, 0.4) is 0 Å². The lowest BCUT2D eigenvalue weighted by Crippen LogP contribution is -2.51. The summed E-state index contributed by atoms with van der Waals surface area (Å²) in [6.45, 7) is 5.14. The molecule has 0 saturated carbocycles. The van der Waals surface area contributed by atoms with E-state index in [1.54, 1.807) is 11.8 Å². The van der Waals surface area contributed by atoms with Crippen molar-refractivity contribution in [2.75, 3.05) is 39.8 Å². The first-order valence-corrected chi connectivity index (χ1v) is 7.80. The number of carbonyl (C=O) groups is 2. The second-order valence-corrected chi connectivity index (χ2v) is 6.12.